The molecule has 0 aliphatic carbocycles. The minimum atomic E-state index is -1.62. The summed E-state index contributed by atoms with van der Waals surface area (Å²) in [4.78, 5) is 11.3. The van der Waals surface area contributed by atoms with Gasteiger partial charge in [-0.25, -0.2) is 18.0 Å². The van der Waals surface area contributed by atoms with E-state index in [0.717, 1.165) is 24.1 Å². The lowest BCUT2D eigenvalue weighted by Gasteiger charge is -2.07. The summed E-state index contributed by atoms with van der Waals surface area (Å²) >= 11 is 0. The van der Waals surface area contributed by atoms with E-state index in [1.807, 2.05) is 6.92 Å². The standard InChI is InChI=1S/C12H13F3N2O/c1-3-7(2)6-16-12(18)17-9-5-4-8(13)10(14)11(9)15/h4-6H,3H2,1-2H3,(H2,16,17,18)/b7-6+. The summed E-state index contributed by atoms with van der Waals surface area (Å²) in [5.74, 6) is -4.35. The lowest BCUT2D eigenvalue weighted by Crippen LogP contribution is -2.25. The number of hydrogen-bond acceptors (Lipinski definition) is 1. The van der Waals surface area contributed by atoms with Crippen LogP contribution in [-0.4, -0.2) is 6.03 Å². The second kappa shape index (κ2) is 6.09. The van der Waals surface area contributed by atoms with Crippen LogP contribution in [0.4, 0.5) is 23.7 Å². The summed E-state index contributed by atoms with van der Waals surface area (Å²) in [6.45, 7) is 3.71. The largest absolute Gasteiger partial charge is 0.323 e. The van der Waals surface area contributed by atoms with E-state index in [1.165, 1.54) is 6.20 Å². The predicted octanol–water partition coefficient (Wildman–Crippen LogP) is 3.54. The molecule has 0 aliphatic heterocycles. The van der Waals surface area contributed by atoms with Gasteiger partial charge in [-0.15, -0.1) is 0 Å². The van der Waals surface area contributed by atoms with Crippen molar-refractivity contribution < 1.29 is 18.0 Å². The van der Waals surface area contributed by atoms with E-state index < -0.39 is 29.2 Å². The third-order valence-corrected chi connectivity index (χ3v) is 2.29. The van der Waals surface area contributed by atoms with Gasteiger partial charge in [-0.05, 0) is 25.5 Å². The lowest BCUT2D eigenvalue weighted by molar-refractivity contribution is 0.255. The quantitative estimate of drug-likeness (QED) is 0.800. The smallest absolute Gasteiger partial charge is 0.314 e. The average molecular weight is 258 g/mol. The summed E-state index contributed by atoms with van der Waals surface area (Å²) in [6, 6.07) is 0.956. The fourth-order valence-electron chi connectivity index (χ4n) is 1.07. The second-order valence-electron chi connectivity index (χ2n) is 3.67. The molecule has 2 N–H and O–H groups in total. The molecular weight excluding hydrogens is 245 g/mol. The first kappa shape index (κ1) is 14.1. The highest BCUT2D eigenvalue weighted by Gasteiger charge is 2.14. The van der Waals surface area contributed by atoms with Crippen molar-refractivity contribution in [3.63, 3.8) is 0 Å². The van der Waals surface area contributed by atoms with Crippen LogP contribution in [0.25, 0.3) is 0 Å². The first-order valence-electron chi connectivity index (χ1n) is 5.32. The van der Waals surface area contributed by atoms with Crippen LogP contribution in [0.2, 0.25) is 0 Å². The van der Waals surface area contributed by atoms with Crippen LogP contribution in [0.1, 0.15) is 20.3 Å². The van der Waals surface area contributed by atoms with Crippen molar-refractivity contribution in [1.82, 2.24) is 5.32 Å². The molecule has 0 bridgehead atoms. The van der Waals surface area contributed by atoms with Crippen LogP contribution in [0.15, 0.2) is 23.9 Å². The Morgan fingerprint density at radius 1 is 1.28 bits per heavy atom. The number of allylic oxidation sites excluding steroid dienone is 1. The number of urea groups is 1. The van der Waals surface area contributed by atoms with Gasteiger partial charge in [0.25, 0.3) is 0 Å². The van der Waals surface area contributed by atoms with Gasteiger partial charge >= 0.3 is 6.03 Å². The summed E-state index contributed by atoms with van der Waals surface area (Å²) in [5.41, 5.74) is 0.491. The molecule has 98 valence electrons. The van der Waals surface area contributed by atoms with Crippen LogP contribution in [-0.2, 0) is 0 Å². The Hall–Kier alpha value is -1.98. The maximum absolute atomic E-state index is 13.2. The zero-order valence-corrected chi connectivity index (χ0v) is 9.98. The number of benzene rings is 1. The number of amides is 2. The number of carbonyl (C=O) groups excluding carboxylic acids is 1. The molecule has 0 unspecified atom stereocenters. The molecule has 2 amide bonds. The number of anilines is 1. The van der Waals surface area contributed by atoms with E-state index in [0.29, 0.717) is 0 Å². The maximum Gasteiger partial charge on any atom is 0.323 e. The van der Waals surface area contributed by atoms with Crippen LogP contribution < -0.4 is 10.6 Å². The van der Waals surface area contributed by atoms with Crippen molar-refractivity contribution in [1.29, 1.82) is 0 Å². The van der Waals surface area contributed by atoms with Crippen molar-refractivity contribution in [2.24, 2.45) is 0 Å². The second-order valence-corrected chi connectivity index (χ2v) is 3.67. The highest BCUT2D eigenvalue weighted by molar-refractivity contribution is 5.90. The molecule has 3 nitrogen and oxygen atoms in total. The van der Waals surface area contributed by atoms with Gasteiger partial charge in [-0.1, -0.05) is 12.5 Å². The van der Waals surface area contributed by atoms with Gasteiger partial charge in [-0.2, -0.15) is 0 Å². The SMILES string of the molecule is CC/C(C)=C/NC(=O)Nc1ccc(F)c(F)c1F. The molecule has 0 fully saturated rings. The van der Waals surface area contributed by atoms with E-state index >= 15 is 0 Å². The molecule has 0 aromatic heterocycles. The molecule has 0 saturated heterocycles. The van der Waals surface area contributed by atoms with Crippen molar-refractivity contribution >= 4 is 11.7 Å². The van der Waals surface area contributed by atoms with E-state index in [9.17, 15) is 18.0 Å². The van der Waals surface area contributed by atoms with E-state index in [-0.39, 0.29) is 0 Å². The average Bonchev–Trinajstić information content (AvgIpc) is 2.36. The van der Waals surface area contributed by atoms with Gasteiger partial charge in [-0.3, -0.25) is 0 Å². The third-order valence-electron chi connectivity index (χ3n) is 2.29. The Kier molecular flexibility index (Phi) is 4.76. The molecule has 0 spiro atoms. The van der Waals surface area contributed by atoms with Crippen molar-refractivity contribution in [3.8, 4) is 0 Å². The third kappa shape index (κ3) is 3.51. The Labute approximate surface area is 103 Å². The number of hydrogen-bond donors (Lipinski definition) is 2. The first-order valence-corrected chi connectivity index (χ1v) is 5.32. The molecule has 0 heterocycles. The van der Waals surface area contributed by atoms with Gasteiger partial charge in [0.15, 0.2) is 17.5 Å². The molecule has 1 rings (SSSR count). The number of halogens is 3. The number of carbonyl (C=O) groups is 1. The maximum atomic E-state index is 13.2. The van der Waals surface area contributed by atoms with Crippen LogP contribution in [0.5, 0.6) is 0 Å². The highest BCUT2D eigenvalue weighted by atomic mass is 19.2. The summed E-state index contributed by atoms with van der Waals surface area (Å²) < 4.78 is 38.7. The number of rotatable bonds is 3. The summed E-state index contributed by atoms with van der Waals surface area (Å²) in [6.07, 6.45) is 2.20. The molecule has 6 heteroatoms. The fourth-order valence-corrected chi connectivity index (χ4v) is 1.07. The lowest BCUT2D eigenvalue weighted by atomic mass is 10.2. The minimum absolute atomic E-state index is 0.422. The van der Waals surface area contributed by atoms with E-state index in [1.54, 1.807) is 6.92 Å². The van der Waals surface area contributed by atoms with Crippen molar-refractivity contribution in [2.45, 2.75) is 20.3 Å². The summed E-state index contributed by atoms with van der Waals surface area (Å²) in [7, 11) is 0. The molecule has 1 aromatic carbocycles. The minimum Gasteiger partial charge on any atom is -0.314 e. The molecule has 0 saturated carbocycles. The molecule has 18 heavy (non-hydrogen) atoms. The zero-order chi connectivity index (χ0) is 13.7. The topological polar surface area (TPSA) is 41.1 Å². The first-order chi connectivity index (χ1) is 8.45. The van der Waals surface area contributed by atoms with Crippen LogP contribution in [0, 0.1) is 17.5 Å². The molecular formula is C12H13F3N2O. The van der Waals surface area contributed by atoms with Crippen molar-refractivity contribution in [2.75, 3.05) is 5.32 Å². The van der Waals surface area contributed by atoms with E-state index in [2.05, 4.69) is 10.6 Å². The van der Waals surface area contributed by atoms with Crippen LogP contribution >= 0.6 is 0 Å². The zero-order valence-electron chi connectivity index (χ0n) is 9.98. The normalized spacial score (nSPS) is 11.3. The van der Waals surface area contributed by atoms with Gasteiger partial charge in [0.1, 0.15) is 0 Å². The molecule has 0 radical (unpaired) electrons. The Morgan fingerprint density at radius 2 is 1.94 bits per heavy atom. The summed E-state index contributed by atoms with van der Waals surface area (Å²) in [5, 5.41) is 4.43. The number of nitrogens with one attached hydrogen (secondary N) is 2. The highest BCUT2D eigenvalue weighted by Crippen LogP contribution is 2.19. The molecule has 0 atom stereocenters. The van der Waals surface area contributed by atoms with Gasteiger partial charge < -0.3 is 10.6 Å². The van der Waals surface area contributed by atoms with Gasteiger partial charge in [0, 0.05) is 6.20 Å². The van der Waals surface area contributed by atoms with Crippen molar-refractivity contribution in [3.05, 3.63) is 41.4 Å². The monoisotopic (exact) mass is 258 g/mol. The Morgan fingerprint density at radius 3 is 2.56 bits per heavy atom. The van der Waals surface area contributed by atoms with E-state index in [4.69, 9.17) is 0 Å². The van der Waals surface area contributed by atoms with Crippen LogP contribution in [0.3, 0.4) is 0 Å². The Bertz CT molecular complexity index is 486. The molecule has 1 aromatic rings. The fraction of sp³-hybridized carbons (Fsp3) is 0.250. The van der Waals surface area contributed by atoms with Gasteiger partial charge in [0.2, 0.25) is 0 Å². The predicted molar refractivity (Wildman–Crippen MR) is 62.5 cm³/mol. The Balaban J connectivity index is 2.74. The van der Waals surface area contributed by atoms with Gasteiger partial charge in [0.05, 0.1) is 5.69 Å². The molecule has 0 aliphatic rings.